The van der Waals surface area contributed by atoms with Gasteiger partial charge in [-0.15, -0.1) is 0 Å². The van der Waals surface area contributed by atoms with E-state index in [0.29, 0.717) is 0 Å². The summed E-state index contributed by atoms with van der Waals surface area (Å²) < 4.78 is 3.02. The van der Waals surface area contributed by atoms with Gasteiger partial charge in [0.15, 0.2) is 0 Å². The van der Waals surface area contributed by atoms with Crippen molar-refractivity contribution in [3.63, 3.8) is 0 Å². The van der Waals surface area contributed by atoms with Gasteiger partial charge < -0.3 is 5.11 Å². The fourth-order valence-corrected chi connectivity index (χ4v) is 2.18. The minimum Gasteiger partial charge on any atom is -0.393 e. The van der Waals surface area contributed by atoms with E-state index in [4.69, 9.17) is 0 Å². The average Bonchev–Trinajstić information content (AvgIpc) is 2.57. The molecule has 1 N–H and O–H groups in total. The summed E-state index contributed by atoms with van der Waals surface area (Å²) in [5.41, 5.74) is 1.19. The Morgan fingerprint density at radius 3 is 2.80 bits per heavy atom. The van der Waals surface area contributed by atoms with Crippen LogP contribution in [0.1, 0.15) is 38.8 Å². The zero-order valence-electron chi connectivity index (χ0n) is 9.41. The molecule has 0 radical (unpaired) electrons. The van der Waals surface area contributed by atoms with Gasteiger partial charge in [0.2, 0.25) is 0 Å². The number of aryl methyl sites for hydroxylation is 1. The van der Waals surface area contributed by atoms with Gasteiger partial charge in [-0.3, -0.25) is 4.68 Å². The van der Waals surface area contributed by atoms with Crippen molar-refractivity contribution in [2.45, 2.75) is 52.2 Å². The van der Waals surface area contributed by atoms with E-state index >= 15 is 0 Å². The van der Waals surface area contributed by atoms with Gasteiger partial charge in [0.25, 0.3) is 0 Å². The highest BCUT2D eigenvalue weighted by Crippen LogP contribution is 2.18. The lowest BCUT2D eigenvalue weighted by molar-refractivity contribution is 0.153. The Balaban J connectivity index is 2.52. The van der Waals surface area contributed by atoms with Gasteiger partial charge in [-0.2, -0.15) is 5.10 Å². The van der Waals surface area contributed by atoms with Gasteiger partial charge in [0.05, 0.1) is 22.5 Å². The molecule has 0 bridgehead atoms. The Morgan fingerprint density at radius 1 is 1.47 bits per heavy atom. The first-order valence-corrected chi connectivity index (χ1v) is 6.36. The first kappa shape index (κ1) is 12.7. The van der Waals surface area contributed by atoms with Crippen LogP contribution in [0.25, 0.3) is 0 Å². The molecule has 1 heterocycles. The third-order valence-corrected chi connectivity index (χ3v) is 3.20. The molecule has 0 amide bonds. The van der Waals surface area contributed by atoms with Gasteiger partial charge in [-0.05, 0) is 42.1 Å². The van der Waals surface area contributed by atoms with Crippen LogP contribution in [-0.2, 0) is 13.0 Å². The minimum absolute atomic E-state index is 0.179. The maximum atomic E-state index is 9.66. The van der Waals surface area contributed by atoms with Gasteiger partial charge in [-0.1, -0.05) is 13.3 Å². The van der Waals surface area contributed by atoms with E-state index in [1.165, 1.54) is 5.69 Å². The van der Waals surface area contributed by atoms with E-state index in [9.17, 15) is 5.11 Å². The Labute approximate surface area is 99.6 Å². The van der Waals surface area contributed by atoms with Gasteiger partial charge in [0, 0.05) is 6.54 Å². The molecule has 1 aromatic heterocycles. The molecule has 0 spiro atoms. The molecule has 0 saturated carbocycles. The van der Waals surface area contributed by atoms with Gasteiger partial charge in [-0.25, -0.2) is 0 Å². The zero-order valence-corrected chi connectivity index (χ0v) is 11.0. The molecule has 0 aliphatic carbocycles. The highest BCUT2D eigenvalue weighted by Gasteiger charge is 2.10. The molecular formula is C11H19BrN2O. The third kappa shape index (κ3) is 3.61. The number of aliphatic hydroxyl groups is 1. The summed E-state index contributed by atoms with van der Waals surface area (Å²) in [4.78, 5) is 0. The molecule has 15 heavy (non-hydrogen) atoms. The van der Waals surface area contributed by atoms with E-state index in [-0.39, 0.29) is 6.10 Å². The number of aliphatic hydroxyl groups excluding tert-OH is 1. The minimum atomic E-state index is -0.179. The number of aromatic nitrogens is 2. The lowest BCUT2D eigenvalue weighted by Crippen LogP contribution is -2.10. The van der Waals surface area contributed by atoms with Gasteiger partial charge >= 0.3 is 0 Å². The van der Waals surface area contributed by atoms with Crippen molar-refractivity contribution in [3.05, 3.63) is 16.4 Å². The first-order valence-electron chi connectivity index (χ1n) is 5.57. The molecule has 0 fully saturated rings. The van der Waals surface area contributed by atoms with E-state index in [1.54, 1.807) is 0 Å². The molecule has 0 aliphatic rings. The Hall–Kier alpha value is -0.350. The summed E-state index contributed by atoms with van der Waals surface area (Å²) in [6, 6.07) is 0. The summed E-state index contributed by atoms with van der Waals surface area (Å²) in [6.07, 6.45) is 5.27. The Kier molecular flexibility index (Phi) is 5.32. The van der Waals surface area contributed by atoms with Crippen LogP contribution in [-0.4, -0.2) is 21.0 Å². The van der Waals surface area contributed by atoms with Crippen LogP contribution < -0.4 is 0 Å². The zero-order chi connectivity index (χ0) is 11.3. The number of hydrogen-bond acceptors (Lipinski definition) is 2. The molecule has 3 nitrogen and oxygen atoms in total. The highest BCUT2D eigenvalue weighted by molar-refractivity contribution is 9.10. The van der Waals surface area contributed by atoms with Crippen molar-refractivity contribution >= 4 is 15.9 Å². The second kappa shape index (κ2) is 6.28. The third-order valence-electron chi connectivity index (χ3n) is 2.53. The lowest BCUT2D eigenvalue weighted by Gasteiger charge is -2.10. The molecular weight excluding hydrogens is 256 g/mol. The SMILES string of the molecule is CCCC(O)CCc1c(Br)cnn1CC. The molecule has 1 unspecified atom stereocenters. The first-order chi connectivity index (χ1) is 7.19. The van der Waals surface area contributed by atoms with Gasteiger partial charge in [0.1, 0.15) is 0 Å². The monoisotopic (exact) mass is 274 g/mol. The molecule has 0 saturated heterocycles. The summed E-state index contributed by atoms with van der Waals surface area (Å²) in [7, 11) is 0. The quantitative estimate of drug-likeness (QED) is 0.866. The number of rotatable bonds is 6. The number of nitrogens with zero attached hydrogens (tertiary/aromatic N) is 2. The predicted molar refractivity (Wildman–Crippen MR) is 64.8 cm³/mol. The molecule has 1 atom stereocenters. The fourth-order valence-electron chi connectivity index (χ4n) is 1.69. The van der Waals surface area contributed by atoms with E-state index < -0.39 is 0 Å². The van der Waals surface area contributed by atoms with Crippen molar-refractivity contribution in [3.8, 4) is 0 Å². The second-order valence-corrected chi connectivity index (χ2v) is 4.59. The topological polar surface area (TPSA) is 38.1 Å². The van der Waals surface area contributed by atoms with Crippen molar-refractivity contribution in [2.75, 3.05) is 0 Å². The van der Waals surface area contributed by atoms with E-state index in [2.05, 4.69) is 34.9 Å². The summed E-state index contributed by atoms with van der Waals surface area (Å²) in [5.74, 6) is 0. The van der Waals surface area contributed by atoms with Crippen LogP contribution in [0.2, 0.25) is 0 Å². The number of hydrogen-bond donors (Lipinski definition) is 1. The maximum Gasteiger partial charge on any atom is 0.0635 e. The van der Waals surface area contributed by atoms with Crippen molar-refractivity contribution in [1.82, 2.24) is 9.78 Å². The predicted octanol–water partition coefficient (Wildman–Crippen LogP) is 2.76. The molecule has 0 aliphatic heterocycles. The van der Waals surface area contributed by atoms with Crippen LogP contribution in [0.5, 0.6) is 0 Å². The van der Waals surface area contributed by atoms with Crippen LogP contribution in [0, 0.1) is 0 Å². The van der Waals surface area contributed by atoms with Crippen LogP contribution in [0.15, 0.2) is 10.7 Å². The molecule has 4 heteroatoms. The summed E-state index contributed by atoms with van der Waals surface area (Å²) >= 11 is 3.48. The normalized spacial score (nSPS) is 13.1. The summed E-state index contributed by atoms with van der Waals surface area (Å²) in [6.45, 7) is 5.05. The maximum absolute atomic E-state index is 9.66. The molecule has 1 aromatic rings. The smallest absolute Gasteiger partial charge is 0.0635 e. The van der Waals surface area contributed by atoms with Crippen molar-refractivity contribution in [2.24, 2.45) is 0 Å². The lowest BCUT2D eigenvalue weighted by atomic mass is 10.1. The fraction of sp³-hybridized carbons (Fsp3) is 0.727. The van der Waals surface area contributed by atoms with Crippen LogP contribution in [0.3, 0.4) is 0 Å². The van der Waals surface area contributed by atoms with Crippen molar-refractivity contribution in [1.29, 1.82) is 0 Å². The summed E-state index contributed by atoms with van der Waals surface area (Å²) in [5, 5.41) is 13.9. The van der Waals surface area contributed by atoms with E-state index in [0.717, 1.165) is 36.7 Å². The van der Waals surface area contributed by atoms with Crippen molar-refractivity contribution < 1.29 is 5.11 Å². The molecule has 1 rings (SSSR count). The second-order valence-electron chi connectivity index (χ2n) is 3.74. The van der Waals surface area contributed by atoms with Crippen LogP contribution >= 0.6 is 15.9 Å². The Bertz CT molecular complexity index is 299. The van der Waals surface area contributed by atoms with E-state index in [1.807, 2.05) is 10.9 Å². The molecule has 0 aromatic carbocycles. The Morgan fingerprint density at radius 2 is 2.20 bits per heavy atom. The van der Waals surface area contributed by atoms with Crippen LogP contribution in [0.4, 0.5) is 0 Å². The largest absolute Gasteiger partial charge is 0.393 e. The standard InChI is InChI=1S/C11H19BrN2O/c1-3-5-9(15)6-7-11-10(12)8-13-14(11)4-2/h8-9,15H,3-7H2,1-2H3. The molecule has 86 valence electrons. The highest BCUT2D eigenvalue weighted by atomic mass is 79.9. The average molecular weight is 275 g/mol. The number of halogens is 1.